The predicted molar refractivity (Wildman–Crippen MR) is 104 cm³/mol. The molecular formula is C21H18ClN3O2. The van der Waals surface area contributed by atoms with Gasteiger partial charge in [-0.3, -0.25) is 9.89 Å². The van der Waals surface area contributed by atoms with Gasteiger partial charge >= 0.3 is 5.97 Å². The molecule has 2 atom stereocenters. The Labute approximate surface area is 162 Å². The van der Waals surface area contributed by atoms with Crippen LogP contribution in [-0.4, -0.2) is 21.9 Å². The molecule has 3 aromatic rings. The third-order valence-corrected chi connectivity index (χ3v) is 5.12. The summed E-state index contributed by atoms with van der Waals surface area (Å²) in [6.07, 6.45) is 1.71. The zero-order valence-electron chi connectivity index (χ0n) is 14.7. The fraction of sp³-hybridized carbons (Fsp3) is 0.190. The van der Waals surface area contributed by atoms with Gasteiger partial charge in [0.15, 0.2) is 5.82 Å². The number of hydrogen-bond acceptors (Lipinski definition) is 4. The van der Waals surface area contributed by atoms with Crippen molar-refractivity contribution in [2.45, 2.75) is 19.4 Å². The average molecular weight is 380 g/mol. The van der Waals surface area contributed by atoms with Crippen molar-refractivity contribution in [3.8, 4) is 0 Å². The van der Waals surface area contributed by atoms with Crippen molar-refractivity contribution in [1.82, 2.24) is 10.2 Å². The number of ether oxygens (including phenoxy) is 1. The SMILES string of the molecule is CC1=Nc2[nH]ncc2C(c2ccccc2Cl)C1C(=O)OCc1ccccc1. The van der Waals surface area contributed by atoms with Crippen LogP contribution in [0.2, 0.25) is 5.02 Å². The van der Waals surface area contributed by atoms with E-state index < -0.39 is 5.92 Å². The van der Waals surface area contributed by atoms with E-state index in [4.69, 9.17) is 16.3 Å². The van der Waals surface area contributed by atoms with Crippen LogP contribution in [0.1, 0.15) is 29.5 Å². The minimum absolute atomic E-state index is 0.219. The number of carbonyl (C=O) groups is 1. The summed E-state index contributed by atoms with van der Waals surface area (Å²) in [7, 11) is 0. The molecule has 0 fully saturated rings. The quantitative estimate of drug-likeness (QED) is 0.670. The third kappa shape index (κ3) is 3.38. The highest BCUT2D eigenvalue weighted by Crippen LogP contribution is 2.43. The first-order chi connectivity index (χ1) is 13.1. The molecule has 4 rings (SSSR count). The molecule has 0 aliphatic carbocycles. The van der Waals surface area contributed by atoms with Gasteiger partial charge in [0.1, 0.15) is 12.5 Å². The third-order valence-electron chi connectivity index (χ3n) is 4.77. The molecule has 1 aliphatic rings. The van der Waals surface area contributed by atoms with Gasteiger partial charge in [0.05, 0.1) is 6.20 Å². The van der Waals surface area contributed by atoms with E-state index in [9.17, 15) is 4.79 Å². The van der Waals surface area contributed by atoms with Gasteiger partial charge in [-0.15, -0.1) is 0 Å². The Bertz CT molecular complexity index is 997. The lowest BCUT2D eigenvalue weighted by atomic mass is 9.77. The zero-order valence-corrected chi connectivity index (χ0v) is 15.5. The van der Waals surface area contributed by atoms with Crippen LogP contribution in [0.15, 0.2) is 65.8 Å². The Morgan fingerprint density at radius 1 is 1.11 bits per heavy atom. The molecule has 0 amide bonds. The van der Waals surface area contributed by atoms with Crippen LogP contribution in [0, 0.1) is 5.92 Å². The van der Waals surface area contributed by atoms with E-state index in [1.165, 1.54) is 0 Å². The molecule has 0 saturated heterocycles. The molecule has 0 bridgehead atoms. The van der Waals surface area contributed by atoms with Crippen molar-refractivity contribution < 1.29 is 9.53 Å². The first-order valence-corrected chi connectivity index (χ1v) is 9.06. The maximum absolute atomic E-state index is 13.0. The summed E-state index contributed by atoms with van der Waals surface area (Å²) < 4.78 is 5.63. The Morgan fingerprint density at radius 3 is 2.63 bits per heavy atom. The predicted octanol–water partition coefficient (Wildman–Crippen LogP) is 4.66. The van der Waals surface area contributed by atoms with Gasteiger partial charge in [-0.25, -0.2) is 4.99 Å². The summed E-state index contributed by atoms with van der Waals surface area (Å²) in [5, 5.41) is 7.60. The van der Waals surface area contributed by atoms with Crippen molar-refractivity contribution in [3.05, 3.63) is 82.5 Å². The number of aromatic amines is 1. The van der Waals surface area contributed by atoms with Crippen LogP contribution in [0.3, 0.4) is 0 Å². The molecule has 1 aliphatic heterocycles. The molecule has 27 heavy (non-hydrogen) atoms. The number of nitrogens with zero attached hydrogens (tertiary/aromatic N) is 2. The van der Waals surface area contributed by atoms with E-state index in [1.54, 1.807) is 6.20 Å². The fourth-order valence-electron chi connectivity index (χ4n) is 3.47. The molecule has 2 heterocycles. The molecule has 2 aromatic carbocycles. The molecule has 1 aromatic heterocycles. The van der Waals surface area contributed by atoms with Crippen LogP contribution in [0.25, 0.3) is 0 Å². The van der Waals surface area contributed by atoms with E-state index in [0.717, 1.165) is 16.7 Å². The molecular weight excluding hydrogens is 362 g/mol. The highest BCUT2D eigenvalue weighted by Gasteiger charge is 2.40. The van der Waals surface area contributed by atoms with Crippen molar-refractivity contribution in [2.24, 2.45) is 10.9 Å². The lowest BCUT2D eigenvalue weighted by molar-refractivity contribution is -0.147. The van der Waals surface area contributed by atoms with Gasteiger partial charge < -0.3 is 4.74 Å². The number of nitrogens with one attached hydrogen (secondary N) is 1. The second kappa shape index (κ2) is 7.37. The van der Waals surface area contributed by atoms with E-state index in [-0.39, 0.29) is 18.5 Å². The molecule has 6 heteroatoms. The van der Waals surface area contributed by atoms with Gasteiger partial charge in [-0.1, -0.05) is 60.1 Å². The number of H-pyrrole nitrogens is 1. The van der Waals surface area contributed by atoms with Crippen molar-refractivity contribution in [1.29, 1.82) is 0 Å². The first kappa shape index (κ1) is 17.5. The van der Waals surface area contributed by atoms with E-state index >= 15 is 0 Å². The number of benzene rings is 2. The number of aromatic nitrogens is 2. The van der Waals surface area contributed by atoms with Crippen molar-refractivity contribution in [2.75, 3.05) is 0 Å². The summed E-state index contributed by atoms with van der Waals surface area (Å²) >= 11 is 6.46. The van der Waals surface area contributed by atoms with Crippen LogP contribution in [0.5, 0.6) is 0 Å². The molecule has 5 nitrogen and oxygen atoms in total. The minimum atomic E-state index is -0.557. The highest BCUT2D eigenvalue weighted by atomic mass is 35.5. The molecule has 136 valence electrons. The second-order valence-corrected chi connectivity index (χ2v) is 6.90. The average Bonchev–Trinajstić information content (AvgIpc) is 3.14. The fourth-order valence-corrected chi connectivity index (χ4v) is 3.73. The topological polar surface area (TPSA) is 67.3 Å². The van der Waals surface area contributed by atoms with Gasteiger partial charge in [0.25, 0.3) is 0 Å². The molecule has 0 spiro atoms. The Balaban J connectivity index is 1.68. The maximum atomic E-state index is 13.0. The van der Waals surface area contributed by atoms with Gasteiger partial charge in [-0.05, 0) is 24.1 Å². The van der Waals surface area contributed by atoms with E-state index in [1.807, 2.05) is 61.5 Å². The van der Waals surface area contributed by atoms with Crippen LogP contribution >= 0.6 is 11.6 Å². The number of hydrogen-bond donors (Lipinski definition) is 1. The number of fused-ring (bicyclic) bond motifs is 1. The Hall–Kier alpha value is -2.92. The minimum Gasteiger partial charge on any atom is -0.460 e. The smallest absolute Gasteiger partial charge is 0.315 e. The van der Waals surface area contributed by atoms with Gasteiger partial charge in [0.2, 0.25) is 0 Å². The summed E-state index contributed by atoms with van der Waals surface area (Å²) in [6.45, 7) is 2.05. The van der Waals surface area contributed by atoms with Crippen molar-refractivity contribution >= 4 is 29.1 Å². The highest BCUT2D eigenvalue weighted by molar-refractivity contribution is 6.31. The van der Waals surface area contributed by atoms with Crippen molar-refractivity contribution in [3.63, 3.8) is 0 Å². The first-order valence-electron chi connectivity index (χ1n) is 8.68. The summed E-state index contributed by atoms with van der Waals surface area (Å²) in [5.41, 5.74) is 3.32. The monoisotopic (exact) mass is 379 g/mol. The lowest BCUT2D eigenvalue weighted by Crippen LogP contribution is -2.33. The number of aliphatic imine (C=N–C) groups is 1. The normalized spacial score (nSPS) is 18.5. The number of rotatable bonds is 4. The van der Waals surface area contributed by atoms with Gasteiger partial charge in [0, 0.05) is 22.2 Å². The van der Waals surface area contributed by atoms with E-state index in [2.05, 4.69) is 15.2 Å². The van der Waals surface area contributed by atoms with Crippen LogP contribution in [-0.2, 0) is 16.1 Å². The lowest BCUT2D eigenvalue weighted by Gasteiger charge is -2.29. The Kier molecular flexibility index (Phi) is 4.77. The van der Waals surface area contributed by atoms with Crippen LogP contribution < -0.4 is 0 Å². The second-order valence-electron chi connectivity index (χ2n) is 6.50. The summed E-state index contributed by atoms with van der Waals surface area (Å²) in [6, 6.07) is 17.1. The molecule has 2 unspecified atom stereocenters. The standard InChI is InChI=1S/C21H18ClN3O2/c1-13-18(21(26)27-12-14-7-3-2-4-8-14)19(15-9-5-6-10-17(15)22)16-11-23-25-20(16)24-13/h2-11,18-19H,12H2,1H3,(H,23,25). The number of halogens is 1. The number of esters is 1. The molecule has 1 N–H and O–H groups in total. The van der Waals surface area contributed by atoms with Gasteiger partial charge in [-0.2, -0.15) is 5.10 Å². The largest absolute Gasteiger partial charge is 0.460 e. The Morgan fingerprint density at radius 2 is 1.85 bits per heavy atom. The molecule has 0 radical (unpaired) electrons. The van der Waals surface area contributed by atoms with Crippen LogP contribution in [0.4, 0.5) is 5.82 Å². The van der Waals surface area contributed by atoms with E-state index in [0.29, 0.717) is 16.6 Å². The number of carbonyl (C=O) groups excluding carboxylic acids is 1. The summed E-state index contributed by atoms with van der Waals surface area (Å²) in [4.78, 5) is 17.6. The molecule has 0 saturated carbocycles. The maximum Gasteiger partial charge on any atom is 0.315 e. The zero-order chi connectivity index (χ0) is 18.8. The summed E-state index contributed by atoms with van der Waals surface area (Å²) in [5.74, 6) is -0.520.